The molecule has 0 spiro atoms. The van der Waals surface area contributed by atoms with Gasteiger partial charge in [0.05, 0.1) is 0 Å². The fourth-order valence-electron chi connectivity index (χ4n) is 6.08. The summed E-state index contributed by atoms with van der Waals surface area (Å²) in [6.07, 6.45) is 5.71. The van der Waals surface area contributed by atoms with E-state index in [1.807, 2.05) is 11.1 Å². The molecule has 0 aromatic carbocycles. The molecule has 0 aromatic heterocycles. The lowest BCUT2D eigenvalue weighted by Gasteiger charge is -2.47. The molecular formula is C18H28. The predicted molar refractivity (Wildman–Crippen MR) is 78.4 cm³/mol. The summed E-state index contributed by atoms with van der Waals surface area (Å²) in [4.78, 5) is 0. The average molecular weight is 244 g/mol. The summed E-state index contributed by atoms with van der Waals surface area (Å²) >= 11 is 0. The first kappa shape index (κ1) is 12.5. The Kier molecular flexibility index (Phi) is 2.45. The van der Waals surface area contributed by atoms with Gasteiger partial charge in [0.25, 0.3) is 0 Å². The van der Waals surface area contributed by atoms with Crippen LogP contribution >= 0.6 is 0 Å². The molecule has 0 aliphatic heterocycles. The number of hydrogen-bond donors (Lipinski definition) is 0. The Morgan fingerprint density at radius 1 is 0.778 bits per heavy atom. The molecule has 0 heterocycles. The first-order valence-corrected chi connectivity index (χ1v) is 7.68. The van der Waals surface area contributed by atoms with Crippen molar-refractivity contribution < 1.29 is 0 Å². The molecule has 3 fully saturated rings. The summed E-state index contributed by atoms with van der Waals surface area (Å²) in [5.41, 5.74) is 7.91. The first-order chi connectivity index (χ1) is 8.32. The molecule has 4 unspecified atom stereocenters. The Labute approximate surface area is 113 Å². The van der Waals surface area contributed by atoms with Gasteiger partial charge in [-0.2, -0.15) is 0 Å². The van der Waals surface area contributed by atoms with Crippen molar-refractivity contribution in [3.8, 4) is 0 Å². The van der Waals surface area contributed by atoms with Crippen LogP contribution in [0.1, 0.15) is 67.2 Å². The molecule has 0 radical (unpaired) electrons. The average Bonchev–Trinajstić information content (AvgIpc) is 2.73. The van der Waals surface area contributed by atoms with Crippen molar-refractivity contribution in [2.24, 2.45) is 22.7 Å². The molecule has 0 nitrogen and oxygen atoms in total. The molecule has 0 heteroatoms. The minimum Gasteiger partial charge on any atom is -0.0763 e. The van der Waals surface area contributed by atoms with Crippen LogP contribution in [0.3, 0.4) is 0 Å². The fraction of sp³-hybridized carbons (Fsp3) is 0.778. The van der Waals surface area contributed by atoms with E-state index in [9.17, 15) is 0 Å². The summed E-state index contributed by atoms with van der Waals surface area (Å²) in [6.45, 7) is 14.5. The zero-order valence-electron chi connectivity index (χ0n) is 13.0. The maximum Gasteiger partial charge on any atom is -0.00449 e. The van der Waals surface area contributed by atoms with Crippen molar-refractivity contribution in [2.45, 2.75) is 67.2 Å². The highest BCUT2D eigenvalue weighted by atomic mass is 14.7. The summed E-state index contributed by atoms with van der Waals surface area (Å²) in [5, 5.41) is 0. The molecule has 0 amide bonds. The minimum absolute atomic E-state index is 0.492. The van der Waals surface area contributed by atoms with Gasteiger partial charge in [-0.1, -0.05) is 36.1 Å². The highest BCUT2D eigenvalue weighted by molar-refractivity contribution is 5.45. The molecule has 100 valence electrons. The summed E-state index contributed by atoms with van der Waals surface area (Å²) in [6, 6.07) is 0. The van der Waals surface area contributed by atoms with Gasteiger partial charge in [0, 0.05) is 0 Å². The van der Waals surface area contributed by atoms with Crippen LogP contribution in [0.2, 0.25) is 0 Å². The zero-order valence-corrected chi connectivity index (χ0v) is 13.0. The third-order valence-corrected chi connectivity index (χ3v) is 6.45. The van der Waals surface area contributed by atoms with E-state index in [2.05, 4.69) is 41.5 Å². The van der Waals surface area contributed by atoms with Gasteiger partial charge in [-0.25, -0.2) is 0 Å². The molecule has 0 N–H and O–H groups in total. The number of rotatable bonds is 0. The van der Waals surface area contributed by atoms with Crippen molar-refractivity contribution in [2.75, 3.05) is 0 Å². The monoisotopic (exact) mass is 244 g/mol. The van der Waals surface area contributed by atoms with E-state index >= 15 is 0 Å². The van der Waals surface area contributed by atoms with E-state index in [-0.39, 0.29) is 0 Å². The van der Waals surface area contributed by atoms with Crippen LogP contribution in [0.15, 0.2) is 22.3 Å². The Morgan fingerprint density at radius 2 is 1.11 bits per heavy atom. The molecule has 3 aliphatic carbocycles. The topological polar surface area (TPSA) is 0 Å². The van der Waals surface area contributed by atoms with Crippen LogP contribution in [0.4, 0.5) is 0 Å². The van der Waals surface area contributed by atoms with Crippen LogP contribution in [-0.2, 0) is 0 Å². The molecule has 18 heavy (non-hydrogen) atoms. The summed E-state index contributed by atoms with van der Waals surface area (Å²) < 4.78 is 0. The molecule has 0 aromatic rings. The Hall–Kier alpha value is -0.520. The van der Waals surface area contributed by atoms with Gasteiger partial charge in [-0.05, 0) is 76.0 Å². The largest absolute Gasteiger partial charge is 0.0763 e. The highest BCUT2D eigenvalue weighted by Gasteiger charge is 2.63. The standard InChI is InChI=1S/C18H28/c1-11(2)15-13-7-9-17(15,5)14-8-10-18(13,6)16(14)12(3)4/h13-14H,7-10H2,1-6H3. The molecule has 3 aliphatic rings. The van der Waals surface area contributed by atoms with Crippen LogP contribution in [-0.4, -0.2) is 0 Å². The first-order valence-electron chi connectivity index (χ1n) is 7.68. The molecule has 4 atom stereocenters. The van der Waals surface area contributed by atoms with E-state index in [1.54, 1.807) is 11.1 Å². The molecular weight excluding hydrogens is 216 g/mol. The smallest absolute Gasteiger partial charge is 0.00449 e. The van der Waals surface area contributed by atoms with E-state index in [1.165, 1.54) is 25.7 Å². The summed E-state index contributed by atoms with van der Waals surface area (Å²) in [5.74, 6) is 1.69. The van der Waals surface area contributed by atoms with Crippen molar-refractivity contribution in [1.82, 2.24) is 0 Å². The quantitative estimate of drug-likeness (QED) is 0.493. The zero-order chi connectivity index (χ0) is 13.3. The van der Waals surface area contributed by atoms with Crippen molar-refractivity contribution in [3.05, 3.63) is 22.3 Å². The van der Waals surface area contributed by atoms with Gasteiger partial charge in [0.15, 0.2) is 0 Å². The second kappa shape index (κ2) is 3.52. The molecule has 3 saturated carbocycles. The van der Waals surface area contributed by atoms with Crippen molar-refractivity contribution >= 4 is 0 Å². The van der Waals surface area contributed by atoms with Crippen molar-refractivity contribution in [1.29, 1.82) is 0 Å². The van der Waals surface area contributed by atoms with Gasteiger partial charge in [-0.15, -0.1) is 0 Å². The lowest BCUT2D eigenvalue weighted by Crippen LogP contribution is -2.38. The van der Waals surface area contributed by atoms with Gasteiger partial charge in [-0.3, -0.25) is 0 Å². The SMILES string of the molecule is CC(C)=C1C2CCC1(C)C1CCC2(C)C1=C(C)C. The maximum atomic E-state index is 2.56. The Morgan fingerprint density at radius 3 is 1.39 bits per heavy atom. The summed E-state index contributed by atoms with van der Waals surface area (Å²) in [7, 11) is 0. The van der Waals surface area contributed by atoms with E-state index in [0.717, 1.165) is 11.8 Å². The van der Waals surface area contributed by atoms with E-state index in [0.29, 0.717) is 10.8 Å². The number of allylic oxidation sites excluding steroid dienone is 4. The Balaban J connectivity index is 2.27. The molecule has 3 rings (SSSR count). The van der Waals surface area contributed by atoms with Gasteiger partial charge < -0.3 is 0 Å². The van der Waals surface area contributed by atoms with E-state index in [4.69, 9.17) is 0 Å². The van der Waals surface area contributed by atoms with Crippen LogP contribution in [0, 0.1) is 22.7 Å². The van der Waals surface area contributed by atoms with Crippen LogP contribution in [0.25, 0.3) is 0 Å². The second-order valence-electron chi connectivity index (χ2n) is 7.84. The Bertz CT molecular complexity index is 412. The number of fused-ring (bicyclic) bond motifs is 6. The predicted octanol–water partition coefficient (Wildman–Crippen LogP) is 5.51. The third-order valence-electron chi connectivity index (χ3n) is 6.45. The minimum atomic E-state index is 0.492. The van der Waals surface area contributed by atoms with E-state index < -0.39 is 0 Å². The second-order valence-corrected chi connectivity index (χ2v) is 7.84. The maximum absolute atomic E-state index is 2.56. The highest BCUT2D eigenvalue weighted by Crippen LogP contribution is 2.73. The normalized spacial score (nSPS) is 45.7. The lowest BCUT2D eigenvalue weighted by molar-refractivity contribution is 0.235. The number of hydrogen-bond acceptors (Lipinski definition) is 0. The van der Waals surface area contributed by atoms with Crippen molar-refractivity contribution in [3.63, 3.8) is 0 Å². The van der Waals surface area contributed by atoms with Gasteiger partial charge in [0.1, 0.15) is 0 Å². The van der Waals surface area contributed by atoms with Crippen LogP contribution in [0.5, 0.6) is 0 Å². The van der Waals surface area contributed by atoms with Gasteiger partial charge >= 0.3 is 0 Å². The fourth-order valence-corrected chi connectivity index (χ4v) is 6.08. The molecule has 0 saturated heterocycles. The third kappa shape index (κ3) is 1.22. The molecule has 4 bridgehead atoms. The van der Waals surface area contributed by atoms with Gasteiger partial charge in [0.2, 0.25) is 0 Å². The van der Waals surface area contributed by atoms with Crippen LogP contribution < -0.4 is 0 Å². The lowest BCUT2D eigenvalue weighted by atomic mass is 9.57.